The minimum Gasteiger partial charge on any atom is -0.351 e. The fourth-order valence-electron chi connectivity index (χ4n) is 4.93. The van der Waals surface area contributed by atoms with E-state index in [1.807, 2.05) is 30.3 Å². The van der Waals surface area contributed by atoms with E-state index in [1.54, 1.807) is 53.6 Å². The number of carbonyl (C=O) groups excluding carboxylic acids is 3. The topological polar surface area (TPSA) is 91.4 Å². The first-order valence-corrected chi connectivity index (χ1v) is 14.0. The number of hydrogen-bond donors (Lipinski definition) is 2. The number of amides is 3. The summed E-state index contributed by atoms with van der Waals surface area (Å²) < 4.78 is 0. The lowest BCUT2D eigenvalue weighted by atomic mass is 9.94. The van der Waals surface area contributed by atoms with Crippen molar-refractivity contribution in [1.82, 2.24) is 15.2 Å². The third-order valence-electron chi connectivity index (χ3n) is 6.94. The summed E-state index contributed by atoms with van der Waals surface area (Å²) in [6.07, 6.45) is 7.49. The summed E-state index contributed by atoms with van der Waals surface area (Å²) in [6, 6.07) is 21.3. The third kappa shape index (κ3) is 8.65. The van der Waals surface area contributed by atoms with Gasteiger partial charge in [0, 0.05) is 36.6 Å². The SMILES string of the molecule is O=C(CCCC(=O)N(Cc1ccccc1)C(C(=O)NC1CCCCC1)c1ccc(Cl)cc1)Nc1ccccn1. The van der Waals surface area contributed by atoms with Crippen molar-refractivity contribution in [3.8, 4) is 0 Å². The van der Waals surface area contributed by atoms with Crippen LogP contribution in [-0.4, -0.2) is 33.6 Å². The predicted octanol–water partition coefficient (Wildman–Crippen LogP) is 6.06. The monoisotopic (exact) mass is 546 g/mol. The first-order chi connectivity index (χ1) is 19.0. The molecule has 0 bridgehead atoms. The number of nitrogens with one attached hydrogen (secondary N) is 2. The maximum atomic E-state index is 13.8. The van der Waals surface area contributed by atoms with Gasteiger partial charge in [-0.25, -0.2) is 4.98 Å². The second-order valence-electron chi connectivity index (χ2n) is 9.92. The zero-order valence-electron chi connectivity index (χ0n) is 22.0. The Morgan fingerprint density at radius 3 is 2.31 bits per heavy atom. The lowest BCUT2D eigenvalue weighted by molar-refractivity contribution is -0.142. The number of pyridine rings is 1. The molecule has 1 unspecified atom stereocenters. The summed E-state index contributed by atoms with van der Waals surface area (Å²) in [5, 5.41) is 6.53. The third-order valence-corrected chi connectivity index (χ3v) is 7.19. The van der Waals surface area contributed by atoms with Gasteiger partial charge in [-0.05, 0) is 54.7 Å². The van der Waals surface area contributed by atoms with Gasteiger partial charge in [0.1, 0.15) is 11.9 Å². The number of hydrogen-bond acceptors (Lipinski definition) is 4. The molecule has 1 atom stereocenters. The minimum absolute atomic E-state index is 0.102. The highest BCUT2D eigenvalue weighted by molar-refractivity contribution is 6.30. The van der Waals surface area contributed by atoms with Crippen molar-refractivity contribution in [2.45, 2.75) is 70.0 Å². The van der Waals surface area contributed by atoms with Crippen molar-refractivity contribution in [1.29, 1.82) is 0 Å². The van der Waals surface area contributed by atoms with E-state index < -0.39 is 6.04 Å². The smallest absolute Gasteiger partial charge is 0.247 e. The average molecular weight is 547 g/mol. The van der Waals surface area contributed by atoms with Gasteiger partial charge in [-0.1, -0.05) is 79.4 Å². The Kier molecular flexibility index (Phi) is 10.5. The average Bonchev–Trinajstić information content (AvgIpc) is 2.95. The van der Waals surface area contributed by atoms with Crippen LogP contribution in [-0.2, 0) is 20.9 Å². The van der Waals surface area contributed by atoms with Gasteiger partial charge in [0.15, 0.2) is 0 Å². The zero-order chi connectivity index (χ0) is 27.5. The Labute approximate surface area is 235 Å². The summed E-state index contributed by atoms with van der Waals surface area (Å²) in [6.45, 7) is 0.269. The first kappa shape index (κ1) is 28.3. The molecule has 2 aromatic carbocycles. The van der Waals surface area contributed by atoms with Crippen LogP contribution in [0.4, 0.5) is 5.82 Å². The number of aromatic nitrogens is 1. The van der Waals surface area contributed by atoms with Crippen molar-refractivity contribution in [3.05, 3.63) is 95.1 Å². The van der Waals surface area contributed by atoms with E-state index in [0.29, 0.717) is 22.8 Å². The molecule has 1 fully saturated rings. The highest BCUT2D eigenvalue weighted by Gasteiger charge is 2.33. The van der Waals surface area contributed by atoms with Gasteiger partial charge in [-0.15, -0.1) is 0 Å². The lowest BCUT2D eigenvalue weighted by Gasteiger charge is -2.33. The molecule has 1 saturated carbocycles. The summed E-state index contributed by atoms with van der Waals surface area (Å²) in [5.74, 6) is -0.119. The number of benzene rings is 2. The molecule has 0 aliphatic heterocycles. The molecule has 39 heavy (non-hydrogen) atoms. The first-order valence-electron chi connectivity index (χ1n) is 13.6. The van der Waals surface area contributed by atoms with Gasteiger partial charge < -0.3 is 15.5 Å². The van der Waals surface area contributed by atoms with Gasteiger partial charge in [-0.2, -0.15) is 0 Å². The molecule has 0 saturated heterocycles. The number of halogens is 1. The van der Waals surface area contributed by atoms with E-state index in [9.17, 15) is 14.4 Å². The Bertz CT molecular complexity index is 1220. The van der Waals surface area contributed by atoms with Crippen LogP contribution in [0.2, 0.25) is 5.02 Å². The number of rotatable bonds is 11. The van der Waals surface area contributed by atoms with E-state index in [0.717, 1.165) is 31.2 Å². The van der Waals surface area contributed by atoms with Gasteiger partial charge in [-0.3, -0.25) is 14.4 Å². The summed E-state index contributed by atoms with van der Waals surface area (Å²) in [7, 11) is 0. The van der Waals surface area contributed by atoms with Gasteiger partial charge in [0.2, 0.25) is 17.7 Å². The normalized spacial score (nSPS) is 14.3. The molecular formula is C31H35ClN4O3. The molecule has 0 spiro atoms. The van der Waals surface area contributed by atoms with Crippen LogP contribution >= 0.6 is 11.6 Å². The molecule has 0 radical (unpaired) electrons. The summed E-state index contributed by atoms with van der Waals surface area (Å²) >= 11 is 6.16. The largest absolute Gasteiger partial charge is 0.351 e. The summed E-state index contributed by atoms with van der Waals surface area (Å²) in [5.41, 5.74) is 1.62. The van der Waals surface area contributed by atoms with Crippen molar-refractivity contribution >= 4 is 35.1 Å². The van der Waals surface area contributed by atoms with E-state index in [-0.39, 0.29) is 43.1 Å². The second kappa shape index (κ2) is 14.4. The van der Waals surface area contributed by atoms with Gasteiger partial charge >= 0.3 is 0 Å². The van der Waals surface area contributed by atoms with Crippen LogP contribution in [0.15, 0.2) is 79.0 Å². The van der Waals surface area contributed by atoms with Crippen LogP contribution < -0.4 is 10.6 Å². The molecule has 7 nitrogen and oxygen atoms in total. The number of carbonyl (C=O) groups is 3. The van der Waals surface area contributed by atoms with Gasteiger partial charge in [0.05, 0.1) is 0 Å². The quantitative estimate of drug-likeness (QED) is 0.306. The molecule has 8 heteroatoms. The highest BCUT2D eigenvalue weighted by Crippen LogP contribution is 2.28. The van der Waals surface area contributed by atoms with Crippen LogP contribution in [0.25, 0.3) is 0 Å². The molecule has 204 valence electrons. The molecule has 4 rings (SSSR count). The fourth-order valence-corrected chi connectivity index (χ4v) is 5.06. The molecule has 2 N–H and O–H groups in total. The maximum Gasteiger partial charge on any atom is 0.247 e. The van der Waals surface area contributed by atoms with Crippen LogP contribution in [0.3, 0.4) is 0 Å². The molecule has 1 heterocycles. The molecule has 1 aliphatic carbocycles. The van der Waals surface area contributed by atoms with Crippen molar-refractivity contribution < 1.29 is 14.4 Å². The summed E-state index contributed by atoms with van der Waals surface area (Å²) in [4.78, 5) is 45.7. The van der Waals surface area contributed by atoms with E-state index in [2.05, 4.69) is 15.6 Å². The van der Waals surface area contributed by atoms with Crippen LogP contribution in [0.5, 0.6) is 0 Å². The molecule has 1 aliphatic rings. The minimum atomic E-state index is -0.820. The Hall–Kier alpha value is -3.71. The second-order valence-corrected chi connectivity index (χ2v) is 10.4. The fraction of sp³-hybridized carbons (Fsp3) is 0.355. The van der Waals surface area contributed by atoms with E-state index in [1.165, 1.54) is 6.42 Å². The van der Waals surface area contributed by atoms with E-state index >= 15 is 0 Å². The van der Waals surface area contributed by atoms with Gasteiger partial charge in [0.25, 0.3) is 0 Å². The van der Waals surface area contributed by atoms with Crippen molar-refractivity contribution in [3.63, 3.8) is 0 Å². The van der Waals surface area contributed by atoms with E-state index in [4.69, 9.17) is 11.6 Å². The molecular weight excluding hydrogens is 512 g/mol. The number of nitrogens with zero attached hydrogens (tertiary/aromatic N) is 2. The van der Waals surface area contributed by atoms with Crippen LogP contribution in [0, 0.1) is 0 Å². The maximum absolute atomic E-state index is 13.8. The molecule has 1 aromatic heterocycles. The van der Waals surface area contributed by atoms with Crippen molar-refractivity contribution in [2.75, 3.05) is 5.32 Å². The zero-order valence-corrected chi connectivity index (χ0v) is 22.8. The predicted molar refractivity (Wildman–Crippen MR) is 153 cm³/mol. The standard InChI is InChI=1S/C31H35ClN4O3/c32-25-19-17-24(18-20-25)30(31(39)34-26-12-5-2-6-13-26)36(22-23-10-3-1-4-11-23)29(38)16-9-15-28(37)35-27-14-7-8-21-33-27/h1,3-4,7-8,10-11,14,17-21,26,30H,2,5-6,9,12-13,15-16,22H2,(H,34,39)(H,33,35,37). The number of anilines is 1. The van der Waals surface area contributed by atoms with Crippen molar-refractivity contribution in [2.24, 2.45) is 0 Å². The molecule has 3 aromatic rings. The highest BCUT2D eigenvalue weighted by atomic mass is 35.5. The Morgan fingerprint density at radius 1 is 0.897 bits per heavy atom. The molecule has 3 amide bonds. The Balaban J connectivity index is 1.52. The Morgan fingerprint density at radius 2 is 1.62 bits per heavy atom. The lowest BCUT2D eigenvalue weighted by Crippen LogP contribution is -2.46. The van der Waals surface area contributed by atoms with Crippen LogP contribution in [0.1, 0.15) is 68.5 Å².